The van der Waals surface area contributed by atoms with Gasteiger partial charge in [-0.25, -0.2) is 4.98 Å². The predicted molar refractivity (Wildman–Crippen MR) is 98.2 cm³/mol. The Morgan fingerprint density at radius 1 is 1.31 bits per heavy atom. The van der Waals surface area contributed by atoms with Gasteiger partial charge in [-0.3, -0.25) is 19.9 Å². The number of rotatable bonds is 7. The smallest absolute Gasteiger partial charge is 0.260 e. The zero-order valence-corrected chi connectivity index (χ0v) is 15.0. The number of carbonyl (C=O) groups excluding carboxylic acids is 2. The quantitative estimate of drug-likeness (QED) is 0.666. The predicted octanol–water partition coefficient (Wildman–Crippen LogP) is 2.59. The van der Waals surface area contributed by atoms with Gasteiger partial charge in [0.1, 0.15) is 5.76 Å². The van der Waals surface area contributed by atoms with Crippen LogP contribution in [0.3, 0.4) is 0 Å². The number of thiazole rings is 1. The minimum Gasteiger partial charge on any atom is -0.469 e. The van der Waals surface area contributed by atoms with Crippen molar-refractivity contribution in [1.82, 2.24) is 15.3 Å². The van der Waals surface area contributed by atoms with Crippen LogP contribution in [0.15, 0.2) is 46.7 Å². The number of pyridine rings is 1. The summed E-state index contributed by atoms with van der Waals surface area (Å²) in [6.45, 7) is 2.26. The lowest BCUT2D eigenvalue weighted by atomic mass is 10.2. The van der Waals surface area contributed by atoms with Crippen LogP contribution >= 0.6 is 11.3 Å². The standard InChI is InChI=1S/C18H18N4O3S/c1-12-15(5-8-25-12)17(24)22-18-21-14(11-26-18)9-16(23)20-7-4-13-3-2-6-19-10-13/h2-3,5-6,8,10-11H,4,7,9H2,1H3,(H,20,23)(H,21,22,24). The minimum absolute atomic E-state index is 0.109. The molecule has 3 aromatic heterocycles. The first kappa shape index (κ1) is 17.8. The SMILES string of the molecule is Cc1occc1C(=O)Nc1nc(CC(=O)NCCc2cccnc2)cs1. The average molecular weight is 370 g/mol. The lowest BCUT2D eigenvalue weighted by Crippen LogP contribution is -2.27. The van der Waals surface area contributed by atoms with Gasteiger partial charge >= 0.3 is 0 Å². The summed E-state index contributed by atoms with van der Waals surface area (Å²) in [4.78, 5) is 32.4. The number of nitrogens with zero attached hydrogens (tertiary/aromatic N) is 2. The van der Waals surface area contributed by atoms with E-state index in [1.165, 1.54) is 17.6 Å². The average Bonchev–Trinajstić information content (AvgIpc) is 3.24. The van der Waals surface area contributed by atoms with E-state index >= 15 is 0 Å². The fraction of sp³-hybridized carbons (Fsp3) is 0.222. The molecule has 0 spiro atoms. The van der Waals surface area contributed by atoms with Gasteiger partial charge in [-0.1, -0.05) is 6.07 Å². The summed E-state index contributed by atoms with van der Waals surface area (Å²) >= 11 is 1.28. The summed E-state index contributed by atoms with van der Waals surface area (Å²) < 4.78 is 5.12. The molecule has 0 saturated heterocycles. The van der Waals surface area contributed by atoms with Crippen LogP contribution in [-0.4, -0.2) is 28.3 Å². The van der Waals surface area contributed by atoms with Crippen LogP contribution in [0.1, 0.15) is 27.4 Å². The van der Waals surface area contributed by atoms with Crippen LogP contribution in [0, 0.1) is 6.92 Å². The Kier molecular flexibility index (Phi) is 5.75. The number of aromatic nitrogens is 2. The van der Waals surface area contributed by atoms with Crippen LogP contribution in [0.2, 0.25) is 0 Å². The number of carbonyl (C=O) groups is 2. The van der Waals surface area contributed by atoms with Crippen molar-refractivity contribution in [2.45, 2.75) is 19.8 Å². The fourth-order valence-electron chi connectivity index (χ4n) is 2.35. The Morgan fingerprint density at radius 2 is 2.19 bits per heavy atom. The van der Waals surface area contributed by atoms with Gasteiger partial charge in [-0.05, 0) is 31.0 Å². The Balaban J connectivity index is 1.46. The second-order valence-corrected chi connectivity index (χ2v) is 6.48. The maximum Gasteiger partial charge on any atom is 0.260 e. The molecule has 0 unspecified atom stereocenters. The van der Waals surface area contributed by atoms with Crippen molar-refractivity contribution in [2.24, 2.45) is 0 Å². The highest BCUT2D eigenvalue weighted by Gasteiger charge is 2.14. The van der Waals surface area contributed by atoms with Gasteiger partial charge in [0.05, 0.1) is 23.9 Å². The molecular weight excluding hydrogens is 352 g/mol. The molecule has 0 aliphatic carbocycles. The van der Waals surface area contributed by atoms with Gasteiger partial charge in [0, 0.05) is 24.3 Å². The number of aryl methyl sites for hydroxylation is 1. The van der Waals surface area contributed by atoms with E-state index < -0.39 is 0 Å². The molecule has 0 fully saturated rings. The summed E-state index contributed by atoms with van der Waals surface area (Å²) in [5, 5.41) is 7.79. The Labute approximate surface area is 154 Å². The Hall–Kier alpha value is -3.00. The number of amides is 2. The maximum atomic E-state index is 12.1. The lowest BCUT2D eigenvalue weighted by molar-refractivity contribution is -0.120. The summed E-state index contributed by atoms with van der Waals surface area (Å²) in [6, 6.07) is 5.44. The first-order valence-electron chi connectivity index (χ1n) is 8.07. The second kappa shape index (κ2) is 8.39. The zero-order chi connectivity index (χ0) is 18.4. The molecule has 3 rings (SSSR count). The molecule has 0 saturated carbocycles. The maximum absolute atomic E-state index is 12.1. The summed E-state index contributed by atoms with van der Waals surface area (Å²) in [5.74, 6) is 0.160. The van der Waals surface area contributed by atoms with Crippen molar-refractivity contribution in [3.8, 4) is 0 Å². The van der Waals surface area contributed by atoms with Gasteiger partial charge in [-0.15, -0.1) is 11.3 Å². The van der Waals surface area contributed by atoms with Gasteiger partial charge in [0.15, 0.2) is 5.13 Å². The lowest BCUT2D eigenvalue weighted by Gasteiger charge is -2.04. The normalized spacial score (nSPS) is 10.5. The van der Waals surface area contributed by atoms with E-state index in [1.54, 1.807) is 30.8 Å². The van der Waals surface area contributed by atoms with E-state index in [0.717, 1.165) is 12.0 Å². The molecule has 0 radical (unpaired) electrons. The zero-order valence-electron chi connectivity index (χ0n) is 14.2. The summed E-state index contributed by atoms with van der Waals surface area (Å²) in [7, 11) is 0. The van der Waals surface area contributed by atoms with E-state index in [2.05, 4.69) is 20.6 Å². The third-order valence-electron chi connectivity index (χ3n) is 3.68. The topological polar surface area (TPSA) is 97.1 Å². The molecule has 3 heterocycles. The summed E-state index contributed by atoms with van der Waals surface area (Å²) in [5.41, 5.74) is 2.16. The first-order valence-corrected chi connectivity index (χ1v) is 8.95. The van der Waals surface area contributed by atoms with Crippen molar-refractivity contribution in [3.05, 3.63) is 64.8 Å². The van der Waals surface area contributed by atoms with Crippen molar-refractivity contribution in [2.75, 3.05) is 11.9 Å². The number of nitrogens with one attached hydrogen (secondary N) is 2. The van der Waals surface area contributed by atoms with Crippen LogP contribution < -0.4 is 10.6 Å². The number of anilines is 1. The van der Waals surface area contributed by atoms with E-state index in [0.29, 0.717) is 28.7 Å². The molecule has 134 valence electrons. The number of hydrogen-bond donors (Lipinski definition) is 2. The molecule has 3 aromatic rings. The van der Waals surface area contributed by atoms with E-state index in [9.17, 15) is 9.59 Å². The Morgan fingerprint density at radius 3 is 2.92 bits per heavy atom. The molecule has 0 bridgehead atoms. The molecule has 8 heteroatoms. The monoisotopic (exact) mass is 370 g/mol. The van der Waals surface area contributed by atoms with Crippen LogP contribution in [0.25, 0.3) is 0 Å². The van der Waals surface area contributed by atoms with Gasteiger partial charge in [0.2, 0.25) is 5.91 Å². The second-order valence-electron chi connectivity index (χ2n) is 5.63. The van der Waals surface area contributed by atoms with E-state index in [4.69, 9.17) is 4.42 Å². The number of furan rings is 1. The molecule has 0 atom stereocenters. The van der Waals surface area contributed by atoms with Gasteiger partial charge in [0.25, 0.3) is 5.91 Å². The van der Waals surface area contributed by atoms with Crippen LogP contribution in [0.4, 0.5) is 5.13 Å². The fourth-order valence-corrected chi connectivity index (χ4v) is 3.06. The third kappa shape index (κ3) is 4.76. The van der Waals surface area contributed by atoms with Crippen LogP contribution in [0.5, 0.6) is 0 Å². The molecular formula is C18H18N4O3S. The molecule has 0 aromatic carbocycles. The Bertz CT molecular complexity index is 889. The largest absolute Gasteiger partial charge is 0.469 e. The van der Waals surface area contributed by atoms with Crippen molar-refractivity contribution >= 4 is 28.3 Å². The summed E-state index contributed by atoms with van der Waals surface area (Å²) in [6.07, 6.45) is 5.86. The first-order chi connectivity index (χ1) is 12.6. The van der Waals surface area contributed by atoms with Crippen molar-refractivity contribution in [3.63, 3.8) is 0 Å². The van der Waals surface area contributed by atoms with Crippen molar-refractivity contribution in [1.29, 1.82) is 0 Å². The molecule has 26 heavy (non-hydrogen) atoms. The molecule has 0 aliphatic heterocycles. The minimum atomic E-state index is -0.280. The van der Waals surface area contributed by atoms with Crippen molar-refractivity contribution < 1.29 is 14.0 Å². The highest BCUT2D eigenvalue weighted by molar-refractivity contribution is 7.14. The molecule has 2 amide bonds. The molecule has 7 nitrogen and oxygen atoms in total. The highest BCUT2D eigenvalue weighted by atomic mass is 32.1. The number of hydrogen-bond acceptors (Lipinski definition) is 6. The van der Waals surface area contributed by atoms with E-state index in [-0.39, 0.29) is 18.2 Å². The van der Waals surface area contributed by atoms with E-state index in [1.807, 2.05) is 12.1 Å². The molecule has 0 aliphatic rings. The van der Waals surface area contributed by atoms with Gasteiger partial charge < -0.3 is 9.73 Å². The van der Waals surface area contributed by atoms with Crippen LogP contribution in [-0.2, 0) is 17.6 Å². The third-order valence-corrected chi connectivity index (χ3v) is 4.48. The molecule has 2 N–H and O–H groups in total. The highest BCUT2D eigenvalue weighted by Crippen LogP contribution is 2.18. The van der Waals surface area contributed by atoms with Gasteiger partial charge in [-0.2, -0.15) is 0 Å².